The summed E-state index contributed by atoms with van der Waals surface area (Å²) in [4.78, 5) is 37.0. The van der Waals surface area contributed by atoms with Gasteiger partial charge in [-0.25, -0.2) is 4.99 Å². The highest BCUT2D eigenvalue weighted by Gasteiger charge is 2.37. The van der Waals surface area contributed by atoms with Crippen molar-refractivity contribution in [2.75, 3.05) is 56.1 Å². The molecule has 4 atom stereocenters. The van der Waals surface area contributed by atoms with Crippen molar-refractivity contribution in [3.63, 3.8) is 0 Å². The minimum Gasteiger partial charge on any atom is -0.469 e. The lowest BCUT2D eigenvalue weighted by atomic mass is 9.93. The van der Waals surface area contributed by atoms with E-state index >= 15 is 0 Å². The Hall–Kier alpha value is -5.32. The summed E-state index contributed by atoms with van der Waals surface area (Å²) in [5.74, 6) is 0.861. The van der Waals surface area contributed by atoms with E-state index in [0.29, 0.717) is 30.5 Å². The van der Waals surface area contributed by atoms with Crippen molar-refractivity contribution >= 4 is 45.8 Å². The summed E-state index contributed by atoms with van der Waals surface area (Å²) in [6.45, 7) is 12.7. The Morgan fingerprint density at radius 3 is 2.36 bits per heavy atom. The van der Waals surface area contributed by atoms with Gasteiger partial charge < -0.3 is 30.1 Å². The molecule has 0 bridgehead atoms. The fourth-order valence-electron chi connectivity index (χ4n) is 9.69. The topological polar surface area (TPSA) is 97.2 Å². The third-order valence-electron chi connectivity index (χ3n) is 13.0. The zero-order chi connectivity index (χ0) is 39.5. The molecule has 2 N–H and O–H groups in total. The van der Waals surface area contributed by atoms with Crippen LogP contribution in [0.25, 0.3) is 0 Å². The molecule has 58 heavy (non-hydrogen) atoms. The Bertz CT molecular complexity index is 2350. The highest BCUT2D eigenvalue weighted by Crippen LogP contribution is 2.40. The number of likely N-dealkylation sites (N-methyl/N-ethyl adjacent to an activating group) is 1. The number of anilines is 2. The lowest BCUT2D eigenvalue weighted by Gasteiger charge is -2.39. The van der Waals surface area contributed by atoms with Crippen molar-refractivity contribution < 1.29 is 9.53 Å². The number of nitrogens with zero attached hydrogens (tertiary/aromatic N) is 6. The third kappa shape index (κ3) is 7.00. The van der Waals surface area contributed by atoms with E-state index in [4.69, 9.17) is 19.7 Å². The van der Waals surface area contributed by atoms with Gasteiger partial charge in [-0.15, -0.1) is 0 Å². The molecule has 6 aliphatic heterocycles. The molecule has 2 aromatic carbocycles. The monoisotopic (exact) mass is 774 g/mol. The van der Waals surface area contributed by atoms with Gasteiger partial charge in [0.15, 0.2) is 0 Å². The van der Waals surface area contributed by atoms with E-state index in [-0.39, 0.29) is 11.8 Å². The molecule has 2 aromatic rings. The summed E-state index contributed by atoms with van der Waals surface area (Å²) in [6, 6.07) is 14.3. The maximum absolute atomic E-state index is 13.8. The van der Waals surface area contributed by atoms with Gasteiger partial charge in [0.25, 0.3) is 5.91 Å². The number of hydrogen-bond donors (Lipinski definition) is 2. The summed E-state index contributed by atoms with van der Waals surface area (Å²) in [6.07, 6.45) is 17.2. The predicted octanol–water partition coefficient (Wildman–Crippen LogP) is 7.21. The molecule has 298 valence electrons. The molecule has 8 aliphatic rings. The third-order valence-corrected chi connectivity index (χ3v) is 13.0. The van der Waals surface area contributed by atoms with Crippen LogP contribution in [0.5, 0.6) is 0 Å². The van der Waals surface area contributed by atoms with Gasteiger partial charge in [-0.2, -0.15) is 0 Å². The average Bonchev–Trinajstić information content (AvgIpc) is 3.53. The van der Waals surface area contributed by atoms with Gasteiger partial charge in [-0.1, -0.05) is 43.4 Å². The van der Waals surface area contributed by atoms with Crippen LogP contribution in [0.3, 0.4) is 0 Å². The molecule has 2 saturated heterocycles. The number of piperazine rings is 2. The quantitative estimate of drug-likeness (QED) is 0.322. The fraction of sp³-hybridized carbons (Fsp3) is 0.417. The van der Waals surface area contributed by atoms with Crippen LogP contribution in [0.4, 0.5) is 22.7 Å². The Labute approximate surface area is 342 Å². The Morgan fingerprint density at radius 1 is 0.828 bits per heavy atom. The van der Waals surface area contributed by atoms with E-state index in [1.807, 2.05) is 0 Å². The van der Waals surface area contributed by atoms with Gasteiger partial charge in [-0.05, 0) is 106 Å². The first-order valence-electron chi connectivity index (χ1n) is 21.4. The van der Waals surface area contributed by atoms with Gasteiger partial charge in [-0.3, -0.25) is 14.8 Å². The molecule has 6 heterocycles. The van der Waals surface area contributed by atoms with Crippen LogP contribution < -0.4 is 20.4 Å². The number of aliphatic imine (C=N–C) groups is 3. The van der Waals surface area contributed by atoms with Crippen molar-refractivity contribution in [1.82, 2.24) is 15.5 Å². The number of hydrogen-bond acceptors (Lipinski definition) is 9. The first-order valence-corrected chi connectivity index (χ1v) is 21.4. The minimum absolute atomic E-state index is 0.0934. The van der Waals surface area contributed by atoms with Crippen molar-refractivity contribution in [3.05, 3.63) is 118 Å². The SMILES string of the molecule is CC1C=C2NC(=O)C(C3=Nc4cc(N5CCN(C)CC5)ccc4CC3)=C2C=C(OC2N=C3C=CCC=CC3=C2C2=Nc3cc(N4CC(C)NCC4C)ccc3CC2)C1. The number of allylic oxidation sites excluding steroid dienone is 8. The first kappa shape index (κ1) is 37.0. The van der Waals surface area contributed by atoms with Crippen LogP contribution in [0, 0.1) is 5.92 Å². The molecule has 4 unspecified atom stereocenters. The number of carbonyl (C=O) groups is 1. The Kier molecular flexibility index (Phi) is 9.64. The maximum Gasteiger partial charge on any atom is 0.258 e. The molecule has 10 heteroatoms. The van der Waals surface area contributed by atoms with Gasteiger partial charge >= 0.3 is 0 Å². The van der Waals surface area contributed by atoms with Crippen molar-refractivity contribution in [1.29, 1.82) is 0 Å². The zero-order valence-corrected chi connectivity index (χ0v) is 34.2. The van der Waals surface area contributed by atoms with Crippen LogP contribution in [0.15, 0.2) is 122 Å². The molecule has 0 spiro atoms. The van der Waals surface area contributed by atoms with Gasteiger partial charge in [0, 0.05) is 91.6 Å². The average molecular weight is 775 g/mol. The fourth-order valence-corrected chi connectivity index (χ4v) is 9.69. The summed E-state index contributed by atoms with van der Waals surface area (Å²) < 4.78 is 7.06. The molecule has 1 amide bonds. The number of nitrogens with one attached hydrogen (secondary N) is 2. The van der Waals surface area contributed by atoms with Gasteiger partial charge in [0.1, 0.15) is 5.76 Å². The van der Waals surface area contributed by atoms with Crippen LogP contribution in [-0.4, -0.2) is 92.6 Å². The van der Waals surface area contributed by atoms with E-state index in [1.165, 1.54) is 22.5 Å². The number of benzene rings is 2. The molecule has 10 rings (SSSR count). The molecule has 0 radical (unpaired) electrons. The summed E-state index contributed by atoms with van der Waals surface area (Å²) >= 11 is 0. The van der Waals surface area contributed by atoms with Crippen molar-refractivity contribution in [3.8, 4) is 0 Å². The Morgan fingerprint density at radius 2 is 1.55 bits per heavy atom. The molecule has 0 aromatic heterocycles. The number of ether oxygens (including phenoxy) is 1. The summed E-state index contributed by atoms with van der Waals surface area (Å²) in [5.41, 5.74) is 14.2. The van der Waals surface area contributed by atoms with Crippen LogP contribution in [-0.2, 0) is 22.4 Å². The molecule has 0 saturated carbocycles. The summed E-state index contributed by atoms with van der Waals surface area (Å²) in [5, 5.41) is 6.81. The standard InChI is InChI=1S/C48H54N8O2/c1-29-22-36(26-38-44(23-29)52-47(57)45(38)40-16-12-32-10-14-34(24-42(32)50-40)55-20-18-54(4)19-21-55)58-48-46(37-8-6-5-7-9-39(37)53-48)41-17-13-33-11-15-35(25-43(33)51-41)56-28-30(2)49-27-31(56)3/h6-11,14-15,23-26,29-31,48-49H,5,12-13,16-22,27-28H2,1-4H3,(H,52,57). The Balaban J connectivity index is 0.987. The predicted molar refractivity (Wildman–Crippen MR) is 235 cm³/mol. The molecule has 2 fully saturated rings. The number of amides is 1. The van der Waals surface area contributed by atoms with Gasteiger partial charge in [0.2, 0.25) is 6.23 Å². The molecular formula is C48H54N8O2. The van der Waals surface area contributed by atoms with E-state index in [1.54, 1.807) is 0 Å². The largest absolute Gasteiger partial charge is 0.469 e. The van der Waals surface area contributed by atoms with Crippen LogP contribution >= 0.6 is 0 Å². The number of fused-ring (bicyclic) bond motifs is 4. The van der Waals surface area contributed by atoms with E-state index < -0.39 is 6.23 Å². The molecule has 2 aliphatic carbocycles. The van der Waals surface area contributed by atoms with Crippen LogP contribution in [0.1, 0.15) is 57.6 Å². The molecular weight excluding hydrogens is 721 g/mol. The zero-order valence-electron chi connectivity index (χ0n) is 34.2. The smallest absolute Gasteiger partial charge is 0.258 e. The highest BCUT2D eigenvalue weighted by atomic mass is 16.5. The second kappa shape index (κ2) is 15.1. The summed E-state index contributed by atoms with van der Waals surface area (Å²) in [7, 11) is 2.18. The van der Waals surface area contributed by atoms with Crippen molar-refractivity contribution in [2.45, 2.75) is 77.6 Å². The number of carbonyl (C=O) groups excluding carboxylic acids is 1. The molecule has 10 nitrogen and oxygen atoms in total. The van der Waals surface area contributed by atoms with Gasteiger partial charge in [0.05, 0.1) is 34.1 Å². The maximum atomic E-state index is 13.8. The van der Waals surface area contributed by atoms with E-state index in [9.17, 15) is 4.79 Å². The number of rotatable bonds is 6. The van der Waals surface area contributed by atoms with Crippen LogP contribution in [0.2, 0.25) is 0 Å². The second-order valence-corrected chi connectivity index (χ2v) is 17.3. The van der Waals surface area contributed by atoms with E-state index in [2.05, 4.69) is 126 Å². The highest BCUT2D eigenvalue weighted by molar-refractivity contribution is 6.26. The first-order chi connectivity index (χ1) is 28.2. The normalized spacial score (nSPS) is 27.0. The van der Waals surface area contributed by atoms with E-state index in [0.717, 1.165) is 122 Å². The second-order valence-electron chi connectivity index (χ2n) is 17.3. The number of aryl methyl sites for hydroxylation is 2. The van der Waals surface area contributed by atoms with Crippen molar-refractivity contribution in [2.24, 2.45) is 20.9 Å². The lowest BCUT2D eigenvalue weighted by molar-refractivity contribution is -0.115. The lowest BCUT2D eigenvalue weighted by Crippen LogP contribution is -2.54. The minimum atomic E-state index is -0.545.